The molecule has 0 spiro atoms. The number of amides is 2. The maximum Gasteiger partial charge on any atom is 0.319 e. The third kappa shape index (κ3) is 5.75. The minimum absolute atomic E-state index is 0.195. The summed E-state index contributed by atoms with van der Waals surface area (Å²) >= 11 is 0. The van der Waals surface area contributed by atoms with Crippen LogP contribution in [-0.4, -0.2) is 47.1 Å². The summed E-state index contributed by atoms with van der Waals surface area (Å²) in [5.74, 6) is 1.59. The fraction of sp³-hybridized carbons (Fsp3) is 0.471. The van der Waals surface area contributed by atoms with Gasteiger partial charge in [0.25, 0.3) is 0 Å². The molecule has 1 aliphatic rings. The van der Waals surface area contributed by atoms with Gasteiger partial charge in [-0.05, 0) is 43.5 Å². The van der Waals surface area contributed by atoms with Crippen LogP contribution in [0.15, 0.2) is 30.6 Å². The Bertz CT molecular complexity index is 639. The van der Waals surface area contributed by atoms with Gasteiger partial charge in [0.05, 0.1) is 6.10 Å². The molecule has 1 fully saturated rings. The molecule has 3 rings (SSSR count). The summed E-state index contributed by atoms with van der Waals surface area (Å²) in [6.07, 6.45) is 5.36. The van der Waals surface area contributed by atoms with E-state index in [1.165, 1.54) is 6.33 Å². The fourth-order valence-electron chi connectivity index (χ4n) is 2.58. The minimum Gasteiger partial charge on any atom is -0.491 e. The van der Waals surface area contributed by atoms with Crippen LogP contribution >= 0.6 is 0 Å². The first-order valence-electron chi connectivity index (χ1n) is 8.53. The average molecular weight is 345 g/mol. The van der Waals surface area contributed by atoms with E-state index in [2.05, 4.69) is 25.8 Å². The molecule has 0 saturated carbocycles. The SMILES string of the molecule is O=C(NCCCc1ncn[nH]1)Nc1ccc(OC[C@H]2CCCO2)cc1. The molecule has 0 radical (unpaired) electrons. The van der Waals surface area contributed by atoms with Crippen LogP contribution in [0.1, 0.15) is 25.1 Å². The molecule has 0 unspecified atom stereocenters. The number of hydrogen-bond donors (Lipinski definition) is 3. The van der Waals surface area contributed by atoms with Crippen molar-refractivity contribution in [2.24, 2.45) is 0 Å². The van der Waals surface area contributed by atoms with Crippen molar-refractivity contribution < 1.29 is 14.3 Å². The molecule has 3 N–H and O–H groups in total. The number of ether oxygens (including phenoxy) is 2. The predicted octanol–water partition coefficient (Wildman–Crippen LogP) is 2.12. The zero-order valence-corrected chi connectivity index (χ0v) is 14.0. The number of H-pyrrole nitrogens is 1. The van der Waals surface area contributed by atoms with E-state index in [4.69, 9.17) is 9.47 Å². The summed E-state index contributed by atoms with van der Waals surface area (Å²) in [6, 6.07) is 7.09. The zero-order chi connectivity index (χ0) is 17.3. The fourth-order valence-corrected chi connectivity index (χ4v) is 2.58. The Balaban J connectivity index is 1.33. The lowest BCUT2D eigenvalue weighted by Crippen LogP contribution is -2.29. The molecule has 25 heavy (non-hydrogen) atoms. The first-order chi connectivity index (χ1) is 12.3. The van der Waals surface area contributed by atoms with Crippen molar-refractivity contribution in [2.45, 2.75) is 31.8 Å². The van der Waals surface area contributed by atoms with E-state index < -0.39 is 0 Å². The number of anilines is 1. The molecule has 1 aromatic carbocycles. The van der Waals surface area contributed by atoms with Crippen LogP contribution in [0.3, 0.4) is 0 Å². The van der Waals surface area contributed by atoms with Crippen molar-refractivity contribution in [1.82, 2.24) is 20.5 Å². The van der Waals surface area contributed by atoms with Crippen LogP contribution in [-0.2, 0) is 11.2 Å². The van der Waals surface area contributed by atoms with Crippen LogP contribution in [0.4, 0.5) is 10.5 Å². The lowest BCUT2D eigenvalue weighted by molar-refractivity contribution is 0.0679. The summed E-state index contributed by atoms with van der Waals surface area (Å²) in [5, 5.41) is 12.2. The van der Waals surface area contributed by atoms with Gasteiger partial charge in [-0.25, -0.2) is 9.78 Å². The largest absolute Gasteiger partial charge is 0.491 e. The van der Waals surface area contributed by atoms with Crippen LogP contribution in [0.25, 0.3) is 0 Å². The van der Waals surface area contributed by atoms with Crippen molar-refractivity contribution in [3.63, 3.8) is 0 Å². The third-order valence-electron chi connectivity index (χ3n) is 3.91. The highest BCUT2D eigenvalue weighted by atomic mass is 16.5. The molecule has 0 aliphatic carbocycles. The Kier molecular flexibility index (Phi) is 6.22. The number of carbonyl (C=O) groups is 1. The van der Waals surface area contributed by atoms with Crippen LogP contribution < -0.4 is 15.4 Å². The highest BCUT2D eigenvalue weighted by Crippen LogP contribution is 2.18. The Morgan fingerprint density at radius 2 is 2.24 bits per heavy atom. The molecule has 1 saturated heterocycles. The second kappa shape index (κ2) is 9.03. The van der Waals surface area contributed by atoms with E-state index in [0.717, 1.165) is 49.6 Å². The number of carbonyl (C=O) groups excluding carboxylic acids is 1. The van der Waals surface area contributed by atoms with E-state index in [-0.39, 0.29) is 12.1 Å². The molecule has 0 bridgehead atoms. The lowest BCUT2D eigenvalue weighted by Gasteiger charge is -2.12. The monoisotopic (exact) mass is 345 g/mol. The van der Waals surface area contributed by atoms with E-state index in [0.29, 0.717) is 13.2 Å². The molecule has 8 heteroatoms. The molecule has 1 aromatic heterocycles. The summed E-state index contributed by atoms with van der Waals surface area (Å²) in [7, 11) is 0. The quantitative estimate of drug-likeness (QED) is 0.636. The Morgan fingerprint density at radius 3 is 2.96 bits per heavy atom. The second-order valence-electron chi connectivity index (χ2n) is 5.89. The molecular formula is C17H23N5O3. The van der Waals surface area contributed by atoms with Gasteiger partial charge in [-0.15, -0.1) is 0 Å². The third-order valence-corrected chi connectivity index (χ3v) is 3.91. The van der Waals surface area contributed by atoms with Gasteiger partial charge >= 0.3 is 6.03 Å². The van der Waals surface area contributed by atoms with Gasteiger partial charge in [0.15, 0.2) is 0 Å². The second-order valence-corrected chi connectivity index (χ2v) is 5.89. The summed E-state index contributed by atoms with van der Waals surface area (Å²) < 4.78 is 11.2. The highest BCUT2D eigenvalue weighted by molar-refractivity contribution is 5.89. The number of urea groups is 1. The van der Waals surface area contributed by atoms with Crippen molar-refractivity contribution in [3.8, 4) is 5.75 Å². The molecule has 134 valence electrons. The number of nitrogens with one attached hydrogen (secondary N) is 3. The van der Waals surface area contributed by atoms with Crippen LogP contribution in [0, 0.1) is 0 Å². The topological polar surface area (TPSA) is 101 Å². The average Bonchev–Trinajstić information content (AvgIpc) is 3.32. The maximum atomic E-state index is 11.9. The Labute approximate surface area is 146 Å². The van der Waals surface area contributed by atoms with Crippen molar-refractivity contribution >= 4 is 11.7 Å². The van der Waals surface area contributed by atoms with E-state index in [1.54, 1.807) is 0 Å². The molecule has 1 atom stereocenters. The van der Waals surface area contributed by atoms with Gasteiger partial charge in [-0.2, -0.15) is 5.10 Å². The summed E-state index contributed by atoms with van der Waals surface area (Å²) in [4.78, 5) is 15.9. The smallest absolute Gasteiger partial charge is 0.319 e. The Hall–Kier alpha value is -2.61. The molecule has 1 aliphatic heterocycles. The first-order valence-corrected chi connectivity index (χ1v) is 8.53. The zero-order valence-electron chi connectivity index (χ0n) is 14.0. The van der Waals surface area contributed by atoms with Gasteiger partial charge in [0.2, 0.25) is 0 Å². The van der Waals surface area contributed by atoms with Crippen molar-refractivity contribution in [2.75, 3.05) is 25.1 Å². The molecule has 2 heterocycles. The van der Waals surface area contributed by atoms with E-state index in [9.17, 15) is 4.79 Å². The minimum atomic E-state index is -0.231. The number of benzene rings is 1. The summed E-state index contributed by atoms with van der Waals surface area (Å²) in [6.45, 7) is 1.96. The van der Waals surface area contributed by atoms with E-state index >= 15 is 0 Å². The normalized spacial score (nSPS) is 16.6. The first kappa shape index (κ1) is 17.2. The Morgan fingerprint density at radius 1 is 1.36 bits per heavy atom. The lowest BCUT2D eigenvalue weighted by atomic mass is 10.2. The number of aromatic nitrogens is 3. The standard InChI is InChI=1S/C17H23N5O3/c23-17(18-9-1-4-16-19-12-20-22-16)21-13-5-7-14(8-6-13)25-11-15-3-2-10-24-15/h5-8,12,15H,1-4,9-11H2,(H2,18,21,23)(H,19,20,22)/t15-/m1/s1. The van der Waals surface area contributed by atoms with Crippen molar-refractivity contribution in [1.29, 1.82) is 0 Å². The number of aromatic amines is 1. The predicted molar refractivity (Wildman–Crippen MR) is 92.6 cm³/mol. The number of rotatable bonds is 8. The van der Waals surface area contributed by atoms with Gasteiger partial charge < -0.3 is 20.1 Å². The van der Waals surface area contributed by atoms with Crippen LogP contribution in [0.5, 0.6) is 5.75 Å². The maximum absolute atomic E-state index is 11.9. The number of hydrogen-bond acceptors (Lipinski definition) is 5. The molecule has 2 amide bonds. The van der Waals surface area contributed by atoms with Gasteiger partial charge in [-0.3, -0.25) is 5.10 Å². The van der Waals surface area contributed by atoms with Crippen LogP contribution in [0.2, 0.25) is 0 Å². The highest BCUT2D eigenvalue weighted by Gasteiger charge is 2.15. The number of nitrogens with zero attached hydrogens (tertiary/aromatic N) is 2. The van der Waals surface area contributed by atoms with Gasteiger partial charge in [-0.1, -0.05) is 0 Å². The number of aryl methyl sites for hydroxylation is 1. The molecular weight excluding hydrogens is 322 g/mol. The van der Waals surface area contributed by atoms with Gasteiger partial charge in [0.1, 0.15) is 24.5 Å². The van der Waals surface area contributed by atoms with Gasteiger partial charge in [0, 0.05) is 25.3 Å². The molecule has 2 aromatic rings. The molecule has 8 nitrogen and oxygen atoms in total. The van der Waals surface area contributed by atoms with E-state index in [1.807, 2.05) is 24.3 Å². The summed E-state index contributed by atoms with van der Waals surface area (Å²) in [5.41, 5.74) is 0.720. The van der Waals surface area contributed by atoms with Crippen molar-refractivity contribution in [3.05, 3.63) is 36.4 Å².